The number of nitrogens with two attached hydrogens (primary N) is 1. The summed E-state index contributed by atoms with van der Waals surface area (Å²) >= 11 is 0. The zero-order chi connectivity index (χ0) is 15.8. The largest absolute Gasteiger partial charge is 0.406 e. The number of halogens is 3. The summed E-state index contributed by atoms with van der Waals surface area (Å²) < 4.78 is 38.3. The second-order valence-corrected chi connectivity index (χ2v) is 5.70. The van der Waals surface area contributed by atoms with Crippen molar-refractivity contribution >= 4 is 11.6 Å². The number of anilines is 1. The lowest BCUT2D eigenvalue weighted by atomic mass is 10.1. The number of hydrogen-bond donors (Lipinski definition) is 1. The topological polar surface area (TPSA) is 46.3 Å². The van der Waals surface area contributed by atoms with E-state index in [0.717, 1.165) is 23.3 Å². The van der Waals surface area contributed by atoms with Gasteiger partial charge in [-0.2, -0.15) is 13.2 Å². The molecule has 6 heteroatoms. The van der Waals surface area contributed by atoms with Crippen LogP contribution in [-0.4, -0.2) is 29.6 Å². The Bertz CT molecular complexity index is 538. The van der Waals surface area contributed by atoms with Crippen molar-refractivity contribution in [3.63, 3.8) is 0 Å². The standard InChI is InChI=1S/C15H19F3N2O/c1-9-3-4-12(7-13(9)19)14(21)20(8-15(16,17)18)10(2)11-5-6-11/h3-4,7,10-11H,5-6,8,19H2,1-2H3. The molecule has 1 aliphatic rings. The molecule has 116 valence electrons. The van der Waals surface area contributed by atoms with E-state index >= 15 is 0 Å². The lowest BCUT2D eigenvalue weighted by Crippen LogP contribution is -2.45. The van der Waals surface area contributed by atoms with Gasteiger partial charge in [0.15, 0.2) is 0 Å². The fraction of sp³-hybridized carbons (Fsp3) is 0.533. The Kier molecular flexibility index (Phi) is 4.16. The molecule has 0 saturated heterocycles. The molecule has 1 saturated carbocycles. The van der Waals surface area contributed by atoms with Crippen molar-refractivity contribution in [3.05, 3.63) is 29.3 Å². The highest BCUT2D eigenvalue weighted by Crippen LogP contribution is 2.36. The van der Waals surface area contributed by atoms with Crippen LogP contribution in [0, 0.1) is 12.8 Å². The number of rotatable bonds is 4. The van der Waals surface area contributed by atoms with E-state index in [0.29, 0.717) is 5.69 Å². The van der Waals surface area contributed by atoms with E-state index in [9.17, 15) is 18.0 Å². The zero-order valence-electron chi connectivity index (χ0n) is 12.1. The summed E-state index contributed by atoms with van der Waals surface area (Å²) in [5.74, 6) is -0.447. The molecule has 0 aliphatic heterocycles. The number of nitrogens with zero attached hydrogens (tertiary/aromatic N) is 1. The van der Waals surface area contributed by atoms with Crippen molar-refractivity contribution in [2.75, 3.05) is 12.3 Å². The Hall–Kier alpha value is -1.72. The van der Waals surface area contributed by atoms with Crippen molar-refractivity contribution < 1.29 is 18.0 Å². The molecule has 21 heavy (non-hydrogen) atoms. The van der Waals surface area contributed by atoms with Gasteiger partial charge >= 0.3 is 6.18 Å². The quantitative estimate of drug-likeness (QED) is 0.866. The molecule has 1 fully saturated rings. The van der Waals surface area contributed by atoms with Crippen molar-refractivity contribution in [1.29, 1.82) is 0 Å². The Balaban J connectivity index is 2.25. The molecule has 0 radical (unpaired) electrons. The fourth-order valence-electron chi connectivity index (χ4n) is 2.37. The minimum absolute atomic E-state index is 0.166. The summed E-state index contributed by atoms with van der Waals surface area (Å²) in [6.07, 6.45) is -2.66. The molecular formula is C15H19F3N2O. The molecule has 2 rings (SSSR count). The van der Waals surface area contributed by atoms with Crippen molar-refractivity contribution in [1.82, 2.24) is 4.90 Å². The van der Waals surface area contributed by atoms with Crippen LogP contribution in [-0.2, 0) is 0 Å². The normalized spacial score (nSPS) is 16.6. The van der Waals surface area contributed by atoms with E-state index < -0.39 is 24.7 Å². The van der Waals surface area contributed by atoms with E-state index in [1.807, 2.05) is 0 Å². The molecule has 3 nitrogen and oxygen atoms in total. The van der Waals surface area contributed by atoms with Gasteiger partial charge in [0.05, 0.1) is 0 Å². The lowest BCUT2D eigenvalue weighted by Gasteiger charge is -2.30. The molecule has 1 unspecified atom stereocenters. The van der Waals surface area contributed by atoms with E-state index in [-0.39, 0.29) is 11.5 Å². The van der Waals surface area contributed by atoms with Gasteiger partial charge in [-0.1, -0.05) is 6.07 Å². The Morgan fingerprint density at radius 3 is 2.52 bits per heavy atom. The molecule has 1 aromatic rings. The zero-order valence-corrected chi connectivity index (χ0v) is 12.1. The fourth-order valence-corrected chi connectivity index (χ4v) is 2.37. The van der Waals surface area contributed by atoms with Gasteiger partial charge in [-0.05, 0) is 50.3 Å². The van der Waals surface area contributed by atoms with Crippen LogP contribution in [0.4, 0.5) is 18.9 Å². The molecule has 0 heterocycles. The first-order chi connectivity index (χ1) is 9.69. The molecule has 1 atom stereocenters. The molecule has 0 bridgehead atoms. The van der Waals surface area contributed by atoms with Crippen LogP contribution < -0.4 is 5.73 Å². The molecular weight excluding hydrogens is 281 g/mol. The molecule has 1 aromatic carbocycles. The summed E-state index contributed by atoms with van der Waals surface area (Å²) in [6.45, 7) is 2.24. The van der Waals surface area contributed by atoms with Gasteiger partial charge in [-0.3, -0.25) is 4.79 Å². The predicted molar refractivity (Wildman–Crippen MR) is 74.9 cm³/mol. The van der Waals surface area contributed by atoms with E-state index in [4.69, 9.17) is 5.73 Å². The highest BCUT2D eigenvalue weighted by Gasteiger charge is 2.40. The van der Waals surface area contributed by atoms with E-state index in [1.54, 1.807) is 19.9 Å². The maximum atomic E-state index is 12.8. The van der Waals surface area contributed by atoms with Crippen molar-refractivity contribution in [3.8, 4) is 0 Å². The average Bonchev–Trinajstić information content (AvgIpc) is 3.21. The van der Waals surface area contributed by atoms with Gasteiger partial charge in [-0.25, -0.2) is 0 Å². The first-order valence-electron chi connectivity index (χ1n) is 6.93. The monoisotopic (exact) mass is 300 g/mol. The summed E-state index contributed by atoms with van der Waals surface area (Å²) in [5.41, 5.74) is 7.15. The molecule has 2 N–H and O–H groups in total. The minimum Gasteiger partial charge on any atom is -0.398 e. The first kappa shape index (κ1) is 15.7. The van der Waals surface area contributed by atoms with Crippen LogP contribution >= 0.6 is 0 Å². The Morgan fingerprint density at radius 1 is 1.43 bits per heavy atom. The van der Waals surface area contributed by atoms with Crippen LogP contribution in [0.2, 0.25) is 0 Å². The van der Waals surface area contributed by atoms with Crippen LogP contribution in [0.1, 0.15) is 35.7 Å². The lowest BCUT2D eigenvalue weighted by molar-refractivity contribution is -0.144. The number of carbonyl (C=O) groups is 1. The second-order valence-electron chi connectivity index (χ2n) is 5.70. The maximum absolute atomic E-state index is 12.8. The van der Waals surface area contributed by atoms with Gasteiger partial charge in [0.2, 0.25) is 0 Å². The summed E-state index contributed by atoms with van der Waals surface area (Å²) in [4.78, 5) is 13.3. The predicted octanol–water partition coefficient (Wildman–Crippen LogP) is 3.38. The third-order valence-electron chi connectivity index (χ3n) is 3.93. The van der Waals surface area contributed by atoms with Crippen LogP contribution in [0.25, 0.3) is 0 Å². The number of hydrogen-bond acceptors (Lipinski definition) is 2. The third kappa shape index (κ3) is 3.89. The number of amides is 1. The van der Waals surface area contributed by atoms with Crippen LogP contribution in [0.3, 0.4) is 0 Å². The van der Waals surface area contributed by atoms with Crippen molar-refractivity contribution in [2.45, 2.75) is 38.9 Å². The third-order valence-corrected chi connectivity index (χ3v) is 3.93. The van der Waals surface area contributed by atoms with Crippen LogP contribution in [0.15, 0.2) is 18.2 Å². The van der Waals surface area contributed by atoms with E-state index in [1.165, 1.54) is 12.1 Å². The first-order valence-corrected chi connectivity index (χ1v) is 6.93. The van der Waals surface area contributed by atoms with Gasteiger partial charge in [0.1, 0.15) is 6.54 Å². The highest BCUT2D eigenvalue weighted by atomic mass is 19.4. The molecule has 1 amide bonds. The number of carbonyl (C=O) groups excluding carboxylic acids is 1. The van der Waals surface area contributed by atoms with Gasteiger partial charge in [-0.15, -0.1) is 0 Å². The average molecular weight is 300 g/mol. The molecule has 0 spiro atoms. The summed E-state index contributed by atoms with van der Waals surface area (Å²) in [6, 6.07) is 4.20. The van der Waals surface area contributed by atoms with Gasteiger partial charge in [0.25, 0.3) is 5.91 Å². The van der Waals surface area contributed by atoms with E-state index in [2.05, 4.69) is 0 Å². The van der Waals surface area contributed by atoms with Gasteiger partial charge in [0, 0.05) is 17.3 Å². The maximum Gasteiger partial charge on any atom is 0.406 e. The smallest absolute Gasteiger partial charge is 0.398 e. The summed E-state index contributed by atoms with van der Waals surface area (Å²) in [7, 11) is 0. The number of nitrogen functional groups attached to an aromatic ring is 1. The second kappa shape index (κ2) is 5.58. The van der Waals surface area contributed by atoms with Crippen molar-refractivity contribution in [2.24, 2.45) is 5.92 Å². The molecule has 1 aliphatic carbocycles. The molecule has 0 aromatic heterocycles. The van der Waals surface area contributed by atoms with Crippen LogP contribution in [0.5, 0.6) is 0 Å². The Labute approximate surface area is 121 Å². The highest BCUT2D eigenvalue weighted by molar-refractivity contribution is 5.95. The van der Waals surface area contributed by atoms with Gasteiger partial charge < -0.3 is 10.6 Å². The minimum atomic E-state index is -4.41. The SMILES string of the molecule is Cc1ccc(C(=O)N(CC(F)(F)F)C(C)C2CC2)cc1N. The summed E-state index contributed by atoms with van der Waals surface area (Å²) in [5, 5.41) is 0. The number of aryl methyl sites for hydroxylation is 1. The Morgan fingerprint density at radius 2 is 2.05 bits per heavy atom. The number of benzene rings is 1. The number of alkyl halides is 3.